The molecule has 3 nitrogen and oxygen atoms in total. The third kappa shape index (κ3) is 2.21. The van der Waals surface area contributed by atoms with Crippen LogP contribution >= 0.6 is 0 Å². The average molecular weight is 185 g/mol. The van der Waals surface area contributed by atoms with Gasteiger partial charge in [0.25, 0.3) is 0 Å². The van der Waals surface area contributed by atoms with Crippen molar-refractivity contribution < 1.29 is 9.53 Å². The highest BCUT2D eigenvalue weighted by Crippen LogP contribution is 2.16. The van der Waals surface area contributed by atoms with Crippen LogP contribution in [-0.4, -0.2) is 36.1 Å². The van der Waals surface area contributed by atoms with Crippen molar-refractivity contribution >= 4 is 5.91 Å². The lowest BCUT2D eigenvalue weighted by atomic mass is 10.1. The topological polar surface area (TPSA) is 29.5 Å². The summed E-state index contributed by atoms with van der Waals surface area (Å²) in [6.45, 7) is 9.40. The monoisotopic (exact) mass is 185 g/mol. The Kier molecular flexibility index (Phi) is 3.31. The molecule has 1 rings (SSSR count). The molecule has 0 aromatic heterocycles. The van der Waals surface area contributed by atoms with Gasteiger partial charge in [0.1, 0.15) is 0 Å². The smallest absolute Gasteiger partial charge is 0.225 e. The maximum Gasteiger partial charge on any atom is 0.225 e. The lowest BCUT2D eigenvalue weighted by molar-refractivity contribution is -0.151. The van der Waals surface area contributed by atoms with Crippen molar-refractivity contribution in [2.24, 2.45) is 5.92 Å². The molecule has 0 bridgehead atoms. The van der Waals surface area contributed by atoms with Gasteiger partial charge < -0.3 is 9.64 Å². The highest BCUT2D eigenvalue weighted by atomic mass is 16.5. The quantitative estimate of drug-likeness (QED) is 0.663. The van der Waals surface area contributed by atoms with Gasteiger partial charge >= 0.3 is 0 Å². The van der Waals surface area contributed by atoms with E-state index >= 15 is 0 Å². The Hall–Kier alpha value is -0.570. The van der Waals surface area contributed by atoms with E-state index in [1.165, 1.54) is 0 Å². The number of hydrogen-bond donors (Lipinski definition) is 0. The lowest BCUT2D eigenvalue weighted by Crippen LogP contribution is -2.55. The molecule has 1 heterocycles. The van der Waals surface area contributed by atoms with E-state index in [1.54, 1.807) is 0 Å². The Morgan fingerprint density at radius 2 is 1.85 bits per heavy atom. The van der Waals surface area contributed by atoms with Gasteiger partial charge in [-0.15, -0.1) is 0 Å². The van der Waals surface area contributed by atoms with E-state index in [9.17, 15) is 4.79 Å². The first-order chi connectivity index (χ1) is 6.04. The summed E-state index contributed by atoms with van der Waals surface area (Å²) >= 11 is 0. The largest absolute Gasteiger partial charge is 0.377 e. The van der Waals surface area contributed by atoms with Crippen molar-refractivity contribution in [1.29, 1.82) is 0 Å². The van der Waals surface area contributed by atoms with E-state index in [0.29, 0.717) is 19.3 Å². The number of hydrogen-bond acceptors (Lipinski definition) is 2. The molecular weight excluding hydrogens is 166 g/mol. The number of amides is 1. The minimum absolute atomic E-state index is 0.0861. The number of carbonyl (C=O) groups excluding carboxylic acids is 1. The average Bonchev–Trinajstić information content (AvgIpc) is 1.94. The van der Waals surface area contributed by atoms with Crippen molar-refractivity contribution in [2.75, 3.05) is 13.2 Å². The molecule has 0 N–H and O–H groups in total. The summed E-state index contributed by atoms with van der Waals surface area (Å²) in [5.74, 6) is 0.325. The molecule has 0 atom stereocenters. The minimum Gasteiger partial charge on any atom is -0.377 e. The lowest BCUT2D eigenvalue weighted by Gasteiger charge is -2.40. The predicted octanol–water partition coefficient (Wildman–Crippen LogP) is 1.28. The van der Waals surface area contributed by atoms with Crippen molar-refractivity contribution in [3.8, 4) is 0 Å². The van der Waals surface area contributed by atoms with Crippen molar-refractivity contribution in [2.45, 2.75) is 39.8 Å². The summed E-state index contributed by atoms with van der Waals surface area (Å²) in [6.07, 6.45) is 0. The van der Waals surface area contributed by atoms with Crippen LogP contribution in [0.1, 0.15) is 27.7 Å². The molecule has 0 aromatic carbocycles. The summed E-state index contributed by atoms with van der Waals surface area (Å²) in [5.41, 5.74) is 0. The first-order valence-electron chi connectivity index (χ1n) is 4.94. The zero-order chi connectivity index (χ0) is 10.0. The van der Waals surface area contributed by atoms with Crippen LogP contribution in [0.3, 0.4) is 0 Å². The minimum atomic E-state index is 0.0861. The fraction of sp³-hybridized carbons (Fsp3) is 0.900. The van der Waals surface area contributed by atoms with E-state index in [1.807, 2.05) is 18.7 Å². The molecule has 1 fully saturated rings. The molecule has 1 amide bonds. The van der Waals surface area contributed by atoms with Crippen molar-refractivity contribution in [3.05, 3.63) is 0 Å². The number of nitrogens with zero attached hydrogens (tertiary/aromatic N) is 1. The van der Waals surface area contributed by atoms with Crippen LogP contribution in [0.4, 0.5) is 0 Å². The van der Waals surface area contributed by atoms with E-state index in [4.69, 9.17) is 4.74 Å². The van der Waals surface area contributed by atoms with Gasteiger partial charge in [-0.05, 0) is 13.8 Å². The van der Waals surface area contributed by atoms with Crippen molar-refractivity contribution in [3.63, 3.8) is 0 Å². The zero-order valence-electron chi connectivity index (χ0n) is 8.91. The molecule has 1 aliphatic rings. The van der Waals surface area contributed by atoms with Crippen LogP contribution in [0.5, 0.6) is 0 Å². The maximum absolute atomic E-state index is 11.8. The fourth-order valence-corrected chi connectivity index (χ4v) is 1.54. The second-order valence-electron chi connectivity index (χ2n) is 4.19. The molecule has 0 saturated carbocycles. The Balaban J connectivity index is 2.61. The second kappa shape index (κ2) is 4.09. The molecule has 1 aliphatic heterocycles. The van der Waals surface area contributed by atoms with Crippen LogP contribution < -0.4 is 0 Å². The van der Waals surface area contributed by atoms with Gasteiger partial charge in [0.05, 0.1) is 19.3 Å². The van der Waals surface area contributed by atoms with Crippen LogP contribution in [-0.2, 0) is 9.53 Å². The molecule has 3 heteroatoms. The Morgan fingerprint density at radius 3 is 2.08 bits per heavy atom. The molecular formula is C10H19NO2. The number of carbonyl (C=O) groups is 1. The predicted molar refractivity (Wildman–Crippen MR) is 51.4 cm³/mol. The van der Waals surface area contributed by atoms with Gasteiger partial charge in [0, 0.05) is 12.0 Å². The van der Waals surface area contributed by atoms with Gasteiger partial charge in [0.15, 0.2) is 0 Å². The first kappa shape index (κ1) is 10.5. The van der Waals surface area contributed by atoms with Crippen LogP contribution in [0, 0.1) is 5.92 Å². The molecule has 0 unspecified atom stereocenters. The fourth-order valence-electron chi connectivity index (χ4n) is 1.54. The Morgan fingerprint density at radius 1 is 1.31 bits per heavy atom. The van der Waals surface area contributed by atoms with E-state index in [0.717, 1.165) is 0 Å². The Bertz CT molecular complexity index is 185. The van der Waals surface area contributed by atoms with Crippen molar-refractivity contribution in [1.82, 2.24) is 4.90 Å². The molecule has 0 radical (unpaired) electrons. The zero-order valence-corrected chi connectivity index (χ0v) is 8.91. The van der Waals surface area contributed by atoms with E-state index in [2.05, 4.69) is 13.8 Å². The molecule has 13 heavy (non-hydrogen) atoms. The maximum atomic E-state index is 11.8. The number of ether oxygens (including phenoxy) is 1. The number of rotatable bonds is 3. The molecule has 0 aliphatic carbocycles. The highest BCUT2D eigenvalue weighted by molar-refractivity contribution is 5.78. The summed E-state index contributed by atoms with van der Waals surface area (Å²) in [6, 6.07) is 0.596. The Labute approximate surface area is 80.1 Å². The molecule has 1 saturated heterocycles. The second-order valence-corrected chi connectivity index (χ2v) is 4.19. The SMILES string of the molecule is CC(C)C(=O)N(C(C)C)C1COC1. The van der Waals surface area contributed by atoms with Gasteiger partial charge in [-0.25, -0.2) is 0 Å². The highest BCUT2D eigenvalue weighted by Gasteiger charge is 2.32. The third-order valence-corrected chi connectivity index (χ3v) is 2.32. The third-order valence-electron chi connectivity index (χ3n) is 2.32. The van der Waals surface area contributed by atoms with Gasteiger partial charge in [0.2, 0.25) is 5.91 Å². The summed E-state index contributed by atoms with van der Waals surface area (Å²) in [7, 11) is 0. The molecule has 76 valence electrons. The summed E-state index contributed by atoms with van der Waals surface area (Å²) in [4.78, 5) is 13.7. The summed E-state index contributed by atoms with van der Waals surface area (Å²) < 4.78 is 5.10. The molecule has 0 spiro atoms. The van der Waals surface area contributed by atoms with Crippen LogP contribution in [0.15, 0.2) is 0 Å². The van der Waals surface area contributed by atoms with Crippen LogP contribution in [0.25, 0.3) is 0 Å². The van der Waals surface area contributed by atoms with Crippen LogP contribution in [0.2, 0.25) is 0 Å². The van der Waals surface area contributed by atoms with Gasteiger partial charge in [-0.2, -0.15) is 0 Å². The van der Waals surface area contributed by atoms with Gasteiger partial charge in [-0.1, -0.05) is 13.8 Å². The molecule has 0 aromatic rings. The normalized spacial score (nSPS) is 17.7. The summed E-state index contributed by atoms with van der Waals surface area (Å²) in [5, 5.41) is 0. The van der Waals surface area contributed by atoms with E-state index in [-0.39, 0.29) is 17.9 Å². The first-order valence-corrected chi connectivity index (χ1v) is 4.94. The van der Waals surface area contributed by atoms with E-state index < -0.39 is 0 Å². The van der Waals surface area contributed by atoms with Gasteiger partial charge in [-0.3, -0.25) is 4.79 Å². The standard InChI is InChI=1S/C10H19NO2/c1-7(2)10(12)11(8(3)4)9-5-13-6-9/h7-9H,5-6H2,1-4H3.